The zero-order valence-corrected chi connectivity index (χ0v) is 12.8. The number of hydrogen-bond donors (Lipinski definition) is 1. The standard InChI is InChI=1S/C15H26N4O/c1-4-19(12-8-6-5-7-9-12)14-13(16)15(18-10-17-14)20-11(2)3/h10-12H,4-9,16H2,1-3H3. The van der Waals surface area contributed by atoms with Crippen LogP contribution in [0.3, 0.4) is 0 Å². The van der Waals surface area contributed by atoms with Crippen molar-refractivity contribution in [2.24, 2.45) is 0 Å². The second kappa shape index (κ2) is 6.77. The van der Waals surface area contributed by atoms with E-state index in [1.54, 1.807) is 6.33 Å². The molecule has 0 unspecified atom stereocenters. The number of hydrogen-bond acceptors (Lipinski definition) is 5. The van der Waals surface area contributed by atoms with Gasteiger partial charge in [-0.15, -0.1) is 0 Å². The molecule has 0 bridgehead atoms. The Morgan fingerprint density at radius 1 is 1.30 bits per heavy atom. The number of ether oxygens (including phenoxy) is 1. The Labute approximate surface area is 121 Å². The third kappa shape index (κ3) is 3.32. The summed E-state index contributed by atoms with van der Waals surface area (Å²) in [7, 11) is 0. The number of nitrogens with zero attached hydrogens (tertiary/aromatic N) is 3. The van der Waals surface area contributed by atoms with E-state index in [9.17, 15) is 0 Å². The highest BCUT2D eigenvalue weighted by Crippen LogP contribution is 2.33. The second-order valence-electron chi connectivity index (χ2n) is 5.66. The first-order valence-electron chi connectivity index (χ1n) is 7.67. The fourth-order valence-corrected chi connectivity index (χ4v) is 2.89. The van der Waals surface area contributed by atoms with Crippen molar-refractivity contribution in [1.82, 2.24) is 9.97 Å². The van der Waals surface area contributed by atoms with Crippen LogP contribution in [0, 0.1) is 0 Å². The third-order valence-corrected chi connectivity index (χ3v) is 3.80. The van der Waals surface area contributed by atoms with E-state index in [1.807, 2.05) is 13.8 Å². The molecule has 0 amide bonds. The molecule has 1 aliphatic carbocycles. The van der Waals surface area contributed by atoms with Crippen LogP contribution in [0.1, 0.15) is 52.9 Å². The van der Waals surface area contributed by atoms with Crippen LogP contribution in [0.5, 0.6) is 5.88 Å². The summed E-state index contributed by atoms with van der Waals surface area (Å²) in [5.41, 5.74) is 6.79. The van der Waals surface area contributed by atoms with Crippen LogP contribution in [0.2, 0.25) is 0 Å². The topological polar surface area (TPSA) is 64.3 Å². The number of nitrogens with two attached hydrogens (primary N) is 1. The first-order valence-corrected chi connectivity index (χ1v) is 7.67. The smallest absolute Gasteiger partial charge is 0.242 e. The van der Waals surface area contributed by atoms with Gasteiger partial charge >= 0.3 is 0 Å². The molecule has 0 aliphatic heterocycles. The first kappa shape index (κ1) is 14.9. The quantitative estimate of drug-likeness (QED) is 0.897. The van der Waals surface area contributed by atoms with Gasteiger partial charge < -0.3 is 15.4 Å². The van der Waals surface area contributed by atoms with Gasteiger partial charge in [-0.3, -0.25) is 0 Å². The second-order valence-corrected chi connectivity index (χ2v) is 5.66. The molecule has 112 valence electrons. The van der Waals surface area contributed by atoms with E-state index in [0.717, 1.165) is 12.4 Å². The van der Waals surface area contributed by atoms with E-state index >= 15 is 0 Å². The molecule has 1 aromatic heterocycles. The van der Waals surface area contributed by atoms with E-state index in [0.29, 0.717) is 17.6 Å². The molecular formula is C15H26N4O. The number of nitrogen functional groups attached to an aromatic ring is 1. The highest BCUT2D eigenvalue weighted by Gasteiger charge is 2.24. The SMILES string of the molecule is CCN(c1ncnc(OC(C)C)c1N)C1CCCCC1. The summed E-state index contributed by atoms with van der Waals surface area (Å²) < 4.78 is 5.66. The van der Waals surface area contributed by atoms with Gasteiger partial charge in [-0.1, -0.05) is 19.3 Å². The Morgan fingerprint density at radius 2 is 2.00 bits per heavy atom. The molecule has 20 heavy (non-hydrogen) atoms. The van der Waals surface area contributed by atoms with E-state index in [-0.39, 0.29) is 6.10 Å². The molecule has 0 aromatic carbocycles. The predicted octanol–water partition coefficient (Wildman–Crippen LogP) is 3.01. The van der Waals surface area contributed by atoms with Crippen molar-refractivity contribution in [3.05, 3.63) is 6.33 Å². The summed E-state index contributed by atoms with van der Waals surface area (Å²) in [5.74, 6) is 1.32. The molecule has 0 atom stereocenters. The average molecular weight is 278 g/mol. The third-order valence-electron chi connectivity index (χ3n) is 3.80. The predicted molar refractivity (Wildman–Crippen MR) is 82.1 cm³/mol. The molecule has 1 saturated carbocycles. The normalized spacial score (nSPS) is 16.4. The molecular weight excluding hydrogens is 252 g/mol. The van der Waals surface area contributed by atoms with E-state index in [1.165, 1.54) is 32.1 Å². The van der Waals surface area contributed by atoms with Crippen LogP contribution < -0.4 is 15.4 Å². The Kier molecular flexibility index (Phi) is 5.04. The molecule has 1 aliphatic rings. The molecule has 1 heterocycles. The molecule has 5 nitrogen and oxygen atoms in total. The first-order chi connectivity index (χ1) is 9.63. The monoisotopic (exact) mass is 278 g/mol. The summed E-state index contributed by atoms with van der Waals surface area (Å²) in [6.45, 7) is 7.01. The molecule has 2 N–H and O–H groups in total. The molecule has 2 rings (SSSR count). The van der Waals surface area contributed by atoms with Gasteiger partial charge in [0.25, 0.3) is 0 Å². The maximum Gasteiger partial charge on any atom is 0.242 e. The summed E-state index contributed by atoms with van der Waals surface area (Å²) in [6.07, 6.45) is 7.98. The van der Waals surface area contributed by atoms with Gasteiger partial charge in [0.05, 0.1) is 6.10 Å². The minimum atomic E-state index is 0.0600. The van der Waals surface area contributed by atoms with Crippen molar-refractivity contribution >= 4 is 11.5 Å². The molecule has 0 spiro atoms. The zero-order chi connectivity index (χ0) is 14.5. The fourth-order valence-electron chi connectivity index (χ4n) is 2.89. The number of aromatic nitrogens is 2. The lowest BCUT2D eigenvalue weighted by molar-refractivity contribution is 0.234. The van der Waals surface area contributed by atoms with Gasteiger partial charge in [-0.25, -0.2) is 4.98 Å². The van der Waals surface area contributed by atoms with Crippen LogP contribution >= 0.6 is 0 Å². The van der Waals surface area contributed by atoms with Crippen LogP contribution in [0.15, 0.2) is 6.33 Å². The van der Waals surface area contributed by atoms with Crippen LogP contribution in [0.25, 0.3) is 0 Å². The highest BCUT2D eigenvalue weighted by atomic mass is 16.5. The number of anilines is 2. The van der Waals surface area contributed by atoms with Gasteiger partial charge in [0.2, 0.25) is 5.88 Å². The van der Waals surface area contributed by atoms with Gasteiger partial charge in [0.1, 0.15) is 12.0 Å². The van der Waals surface area contributed by atoms with E-state index in [4.69, 9.17) is 10.5 Å². The van der Waals surface area contributed by atoms with Crippen LogP contribution in [-0.4, -0.2) is 28.7 Å². The van der Waals surface area contributed by atoms with Gasteiger partial charge in [0, 0.05) is 12.6 Å². The van der Waals surface area contributed by atoms with Crippen molar-refractivity contribution in [2.75, 3.05) is 17.2 Å². The Bertz CT molecular complexity index is 430. The molecule has 0 saturated heterocycles. The summed E-state index contributed by atoms with van der Waals surface area (Å²) in [5, 5.41) is 0. The summed E-state index contributed by atoms with van der Waals surface area (Å²) >= 11 is 0. The maximum atomic E-state index is 6.22. The van der Waals surface area contributed by atoms with Gasteiger partial charge in [0.15, 0.2) is 5.82 Å². The summed E-state index contributed by atoms with van der Waals surface area (Å²) in [6, 6.07) is 0.540. The Morgan fingerprint density at radius 3 is 2.60 bits per heavy atom. The average Bonchev–Trinajstić information content (AvgIpc) is 2.44. The van der Waals surface area contributed by atoms with Crippen molar-refractivity contribution in [2.45, 2.75) is 65.0 Å². The minimum Gasteiger partial charge on any atom is -0.473 e. The Hall–Kier alpha value is -1.52. The molecule has 0 radical (unpaired) electrons. The Balaban J connectivity index is 2.24. The van der Waals surface area contributed by atoms with Crippen LogP contribution in [0.4, 0.5) is 11.5 Å². The minimum absolute atomic E-state index is 0.0600. The molecule has 1 aromatic rings. The summed E-state index contributed by atoms with van der Waals surface area (Å²) in [4.78, 5) is 10.9. The molecule has 1 fully saturated rings. The fraction of sp³-hybridized carbons (Fsp3) is 0.733. The van der Waals surface area contributed by atoms with Crippen molar-refractivity contribution in [3.8, 4) is 5.88 Å². The lowest BCUT2D eigenvalue weighted by Gasteiger charge is -2.35. The van der Waals surface area contributed by atoms with Gasteiger partial charge in [-0.2, -0.15) is 4.98 Å². The van der Waals surface area contributed by atoms with Gasteiger partial charge in [-0.05, 0) is 33.6 Å². The maximum absolute atomic E-state index is 6.22. The van der Waals surface area contributed by atoms with Crippen LogP contribution in [-0.2, 0) is 0 Å². The van der Waals surface area contributed by atoms with Crippen molar-refractivity contribution in [1.29, 1.82) is 0 Å². The molecule has 5 heteroatoms. The highest BCUT2D eigenvalue weighted by molar-refractivity contribution is 5.68. The van der Waals surface area contributed by atoms with Crippen molar-refractivity contribution in [3.63, 3.8) is 0 Å². The number of rotatable bonds is 5. The van der Waals surface area contributed by atoms with E-state index in [2.05, 4.69) is 21.8 Å². The van der Waals surface area contributed by atoms with Crippen molar-refractivity contribution < 1.29 is 4.74 Å². The lowest BCUT2D eigenvalue weighted by Crippen LogP contribution is -2.37. The van der Waals surface area contributed by atoms with E-state index < -0.39 is 0 Å². The zero-order valence-electron chi connectivity index (χ0n) is 12.8. The largest absolute Gasteiger partial charge is 0.473 e. The lowest BCUT2D eigenvalue weighted by atomic mass is 9.94.